The minimum Gasteiger partial charge on any atom is -0.497 e. The van der Waals surface area contributed by atoms with Crippen molar-refractivity contribution in [2.24, 2.45) is 16.1 Å². The van der Waals surface area contributed by atoms with Crippen LogP contribution in [0.2, 0.25) is 0 Å². The largest absolute Gasteiger partial charge is 0.497 e. The molecule has 8 nitrogen and oxygen atoms in total. The van der Waals surface area contributed by atoms with Crippen molar-refractivity contribution in [1.82, 2.24) is 0 Å². The van der Waals surface area contributed by atoms with Gasteiger partial charge in [-0.1, -0.05) is 12.1 Å². The monoisotopic (exact) mass is 489 g/mol. The molecule has 1 amide bonds. The van der Waals surface area contributed by atoms with Gasteiger partial charge in [-0.05, 0) is 74.6 Å². The number of piperidine rings is 1. The Morgan fingerprint density at radius 1 is 1.08 bits per heavy atom. The van der Waals surface area contributed by atoms with Crippen LogP contribution >= 0.6 is 0 Å². The van der Waals surface area contributed by atoms with Crippen LogP contribution in [0.3, 0.4) is 0 Å². The minimum atomic E-state index is -0.634. The van der Waals surface area contributed by atoms with Crippen molar-refractivity contribution in [3.8, 4) is 5.75 Å². The Morgan fingerprint density at radius 2 is 1.75 bits per heavy atom. The van der Waals surface area contributed by atoms with Crippen molar-refractivity contribution in [3.63, 3.8) is 0 Å². The summed E-state index contributed by atoms with van der Waals surface area (Å²) in [6.45, 7) is 2.44. The molecule has 0 bridgehead atoms. The van der Waals surface area contributed by atoms with Crippen LogP contribution in [-0.2, 0) is 19.7 Å². The first-order valence-electron chi connectivity index (χ1n) is 12.3. The van der Waals surface area contributed by atoms with E-state index in [1.807, 2.05) is 24.3 Å². The average molecular weight is 490 g/mol. The topological polar surface area (TPSA) is 114 Å². The van der Waals surface area contributed by atoms with Crippen molar-refractivity contribution in [2.75, 3.05) is 31.8 Å². The number of ether oxygens (including phenoxy) is 2. The number of amides is 1. The fraction of sp³-hybridized carbons (Fsp3) is 0.393. The maximum Gasteiger partial charge on any atom is 0.354 e. The van der Waals surface area contributed by atoms with Crippen molar-refractivity contribution in [1.29, 1.82) is 0 Å². The Morgan fingerprint density at radius 3 is 2.28 bits per heavy atom. The van der Waals surface area contributed by atoms with Gasteiger partial charge in [0, 0.05) is 28.6 Å². The second-order valence-electron chi connectivity index (χ2n) is 9.82. The first-order chi connectivity index (χ1) is 17.4. The van der Waals surface area contributed by atoms with Gasteiger partial charge >= 0.3 is 5.97 Å². The molecule has 2 aromatic rings. The molecule has 3 N–H and O–H groups in total. The van der Waals surface area contributed by atoms with Gasteiger partial charge in [0.05, 0.1) is 26.0 Å². The number of benzene rings is 2. The zero-order valence-corrected chi connectivity index (χ0v) is 20.6. The quantitative estimate of drug-likeness (QED) is 0.455. The van der Waals surface area contributed by atoms with Crippen LogP contribution in [-0.4, -0.2) is 49.6 Å². The van der Waals surface area contributed by atoms with Gasteiger partial charge in [0.15, 0.2) is 0 Å². The Bertz CT molecular complexity index is 1240. The van der Waals surface area contributed by atoms with E-state index in [1.165, 1.54) is 0 Å². The molecule has 0 radical (unpaired) electrons. The summed E-state index contributed by atoms with van der Waals surface area (Å²) >= 11 is 0. The van der Waals surface area contributed by atoms with Gasteiger partial charge in [-0.3, -0.25) is 4.79 Å². The summed E-state index contributed by atoms with van der Waals surface area (Å²) in [5.41, 5.74) is 8.71. The zero-order valence-electron chi connectivity index (χ0n) is 20.6. The van der Waals surface area contributed by atoms with Crippen LogP contribution in [0, 0.1) is 5.41 Å². The second kappa shape index (κ2) is 9.09. The van der Waals surface area contributed by atoms with E-state index in [1.54, 1.807) is 43.2 Å². The number of hydrogen-bond donors (Lipinski definition) is 2. The SMILES string of the molecule is CCOC(=O)C(N)=C1C(=Nc2ccc(OC)cc2)C(=O)N(c2ccc(C3(CO)CC3)cc2)CC12CC2. The van der Waals surface area contributed by atoms with E-state index in [9.17, 15) is 14.7 Å². The first-order valence-corrected chi connectivity index (χ1v) is 12.3. The molecule has 0 aromatic heterocycles. The number of anilines is 1. The number of methoxy groups -OCH3 is 1. The molecule has 1 heterocycles. The highest BCUT2D eigenvalue weighted by Gasteiger charge is 2.56. The van der Waals surface area contributed by atoms with Gasteiger partial charge in [-0.15, -0.1) is 0 Å². The molecule has 1 saturated heterocycles. The number of esters is 1. The lowest BCUT2D eigenvalue weighted by Crippen LogP contribution is -2.50. The van der Waals surface area contributed by atoms with Gasteiger partial charge in [0.2, 0.25) is 0 Å². The van der Waals surface area contributed by atoms with Gasteiger partial charge < -0.3 is 25.2 Å². The van der Waals surface area contributed by atoms with Gasteiger partial charge in [0.25, 0.3) is 5.91 Å². The van der Waals surface area contributed by atoms with E-state index in [0.717, 1.165) is 36.9 Å². The van der Waals surface area contributed by atoms with Gasteiger partial charge in [-0.2, -0.15) is 0 Å². The molecule has 2 aliphatic carbocycles. The molecule has 1 aliphatic heterocycles. The summed E-state index contributed by atoms with van der Waals surface area (Å²) in [4.78, 5) is 33.0. The maximum absolute atomic E-state index is 13.9. The van der Waals surface area contributed by atoms with Crippen LogP contribution < -0.4 is 15.4 Å². The van der Waals surface area contributed by atoms with Crippen LogP contribution in [0.15, 0.2) is 64.8 Å². The number of carbonyl (C=O) groups excluding carboxylic acids is 2. The molecule has 1 spiro atoms. The van der Waals surface area contributed by atoms with Crippen molar-refractivity contribution >= 4 is 29.0 Å². The highest BCUT2D eigenvalue weighted by molar-refractivity contribution is 6.51. The highest BCUT2D eigenvalue weighted by Crippen LogP contribution is 2.56. The van der Waals surface area contributed by atoms with Crippen molar-refractivity contribution in [3.05, 3.63) is 65.4 Å². The molecule has 188 valence electrons. The molecule has 0 atom stereocenters. The highest BCUT2D eigenvalue weighted by atomic mass is 16.5. The maximum atomic E-state index is 13.9. The molecule has 3 aliphatic rings. The number of aliphatic hydroxyl groups excluding tert-OH is 1. The number of rotatable bonds is 7. The van der Waals surface area contributed by atoms with Crippen molar-refractivity contribution in [2.45, 2.75) is 38.0 Å². The lowest BCUT2D eigenvalue weighted by atomic mass is 9.84. The molecule has 2 aromatic carbocycles. The Labute approximate surface area is 210 Å². The van der Waals surface area contributed by atoms with Crippen molar-refractivity contribution < 1.29 is 24.2 Å². The third-order valence-electron chi connectivity index (χ3n) is 7.55. The molecule has 5 rings (SSSR count). The lowest BCUT2D eigenvalue weighted by molar-refractivity contribution is -0.138. The summed E-state index contributed by atoms with van der Waals surface area (Å²) in [6, 6.07) is 14.9. The van der Waals surface area contributed by atoms with E-state index in [4.69, 9.17) is 20.2 Å². The summed E-state index contributed by atoms with van der Waals surface area (Å²) in [7, 11) is 1.58. The molecule has 0 unspecified atom stereocenters. The summed E-state index contributed by atoms with van der Waals surface area (Å²) < 4.78 is 10.4. The third kappa shape index (κ3) is 4.15. The third-order valence-corrected chi connectivity index (χ3v) is 7.55. The standard InChI is InChI=1S/C28H31N3O5/c1-3-36-26(34)23(29)22-24(30-19-6-10-21(35-2)11-7-19)25(33)31(16-27(22)12-13-27)20-8-4-18(5-9-20)28(17-32)14-15-28/h4-11,32H,3,12-17,29H2,1-2H3. The van der Waals surface area contributed by atoms with E-state index < -0.39 is 11.4 Å². The summed E-state index contributed by atoms with van der Waals surface area (Å²) in [6.07, 6.45) is 3.52. The van der Waals surface area contributed by atoms with Crippen LogP contribution in [0.1, 0.15) is 38.2 Å². The van der Waals surface area contributed by atoms with E-state index in [2.05, 4.69) is 0 Å². The number of carbonyl (C=O) groups is 2. The second-order valence-corrected chi connectivity index (χ2v) is 9.82. The summed E-state index contributed by atoms with van der Waals surface area (Å²) in [5.74, 6) is -0.278. The van der Waals surface area contributed by atoms with Crippen LogP contribution in [0.5, 0.6) is 5.75 Å². The lowest BCUT2D eigenvalue weighted by Gasteiger charge is -2.36. The fourth-order valence-electron chi connectivity index (χ4n) is 5.00. The minimum absolute atomic E-state index is 0.0522. The van der Waals surface area contributed by atoms with Crippen LogP contribution in [0.4, 0.5) is 11.4 Å². The number of aliphatic imine (C=N–C) groups is 1. The number of nitrogens with zero attached hydrogens (tertiary/aromatic N) is 2. The first kappa shape index (κ1) is 24.1. The van der Waals surface area contributed by atoms with E-state index in [-0.39, 0.29) is 35.9 Å². The Kier molecular flexibility index (Phi) is 6.08. The number of aliphatic hydroxyl groups is 1. The van der Waals surface area contributed by atoms with Gasteiger partial charge in [0.1, 0.15) is 17.2 Å². The van der Waals surface area contributed by atoms with E-state index in [0.29, 0.717) is 23.6 Å². The predicted molar refractivity (Wildman–Crippen MR) is 136 cm³/mol. The fourth-order valence-corrected chi connectivity index (χ4v) is 5.00. The molecule has 36 heavy (non-hydrogen) atoms. The van der Waals surface area contributed by atoms with Crippen LogP contribution in [0.25, 0.3) is 0 Å². The molecule has 3 fully saturated rings. The molecular formula is C28H31N3O5. The average Bonchev–Trinajstić information content (AvgIpc) is 3.83. The van der Waals surface area contributed by atoms with E-state index >= 15 is 0 Å². The normalized spacial score (nSPS) is 21.9. The number of hydrogen-bond acceptors (Lipinski definition) is 7. The number of nitrogens with two attached hydrogens (primary N) is 1. The van der Waals surface area contributed by atoms with Gasteiger partial charge in [-0.25, -0.2) is 9.79 Å². The molecular weight excluding hydrogens is 458 g/mol. The Hall–Kier alpha value is -3.65. The molecule has 8 heteroatoms. The Balaban J connectivity index is 1.57. The predicted octanol–water partition coefficient (Wildman–Crippen LogP) is 3.39. The molecule has 2 saturated carbocycles. The smallest absolute Gasteiger partial charge is 0.354 e. The summed E-state index contributed by atoms with van der Waals surface area (Å²) in [5, 5.41) is 9.78. The zero-order chi connectivity index (χ0) is 25.5.